The molecule has 2 aromatic rings. The number of rotatable bonds is 8. The van der Waals surface area contributed by atoms with E-state index in [0.717, 1.165) is 5.56 Å². The van der Waals surface area contributed by atoms with Crippen LogP contribution >= 0.6 is 11.6 Å². The van der Waals surface area contributed by atoms with Crippen molar-refractivity contribution < 1.29 is 19.4 Å². The van der Waals surface area contributed by atoms with E-state index in [1.165, 1.54) is 4.90 Å². The molecule has 0 heterocycles. The molecule has 0 aliphatic carbocycles. The van der Waals surface area contributed by atoms with Gasteiger partial charge >= 0.3 is 5.97 Å². The van der Waals surface area contributed by atoms with E-state index in [0.29, 0.717) is 22.9 Å². The molecule has 0 radical (unpaired) electrons. The van der Waals surface area contributed by atoms with Crippen LogP contribution in [-0.4, -0.2) is 35.0 Å². The second-order valence-electron chi connectivity index (χ2n) is 5.40. The lowest BCUT2D eigenvalue weighted by Crippen LogP contribution is -2.33. The molecule has 0 saturated heterocycles. The Bertz CT molecular complexity index is 748. The van der Waals surface area contributed by atoms with Crippen LogP contribution in [0.4, 0.5) is 0 Å². The van der Waals surface area contributed by atoms with Gasteiger partial charge < -0.3 is 14.7 Å². The molecule has 2 aromatic carbocycles. The number of halogens is 1. The second kappa shape index (κ2) is 9.08. The number of aliphatic carboxylic acids is 1. The first-order valence-electron chi connectivity index (χ1n) is 7.99. The fraction of sp³-hybridized carbons (Fsp3) is 0.263. The Balaban J connectivity index is 2.14. The summed E-state index contributed by atoms with van der Waals surface area (Å²) in [5.41, 5.74) is 1.23. The molecule has 0 bridgehead atoms. The third-order valence-electron chi connectivity index (χ3n) is 3.72. The summed E-state index contributed by atoms with van der Waals surface area (Å²) in [5, 5.41) is 9.43. The van der Waals surface area contributed by atoms with Crippen molar-refractivity contribution in [2.45, 2.75) is 20.0 Å². The van der Waals surface area contributed by atoms with Gasteiger partial charge in [-0.25, -0.2) is 0 Å². The molecule has 132 valence electrons. The maximum Gasteiger partial charge on any atom is 0.305 e. The average Bonchev–Trinajstić information content (AvgIpc) is 2.61. The summed E-state index contributed by atoms with van der Waals surface area (Å²) in [6.45, 7) is 2.63. The van der Waals surface area contributed by atoms with Crippen molar-refractivity contribution in [3.8, 4) is 5.75 Å². The largest absolute Gasteiger partial charge is 0.488 e. The highest BCUT2D eigenvalue weighted by molar-refractivity contribution is 6.31. The molecule has 0 aromatic heterocycles. The van der Waals surface area contributed by atoms with Gasteiger partial charge in [0.1, 0.15) is 12.4 Å². The quantitative estimate of drug-likeness (QED) is 0.775. The molecular weight excluding hydrogens is 342 g/mol. The fourth-order valence-electron chi connectivity index (χ4n) is 2.34. The molecule has 2 rings (SSSR count). The molecule has 5 nitrogen and oxygen atoms in total. The standard InChI is InChI=1S/C19H20ClNO4/c1-2-21(12-11-18(22)23)19(24)15-8-4-6-10-17(15)25-13-14-7-3-5-9-16(14)20/h3-10H,2,11-13H2,1H3,(H,22,23). The molecule has 0 spiro atoms. The van der Waals surface area contributed by atoms with E-state index >= 15 is 0 Å². The number of amides is 1. The van der Waals surface area contributed by atoms with Gasteiger partial charge in [0, 0.05) is 23.7 Å². The maximum absolute atomic E-state index is 12.7. The Hall–Kier alpha value is -2.53. The summed E-state index contributed by atoms with van der Waals surface area (Å²) in [7, 11) is 0. The number of carboxylic acid groups (broad SMARTS) is 1. The highest BCUT2D eigenvalue weighted by atomic mass is 35.5. The molecule has 0 saturated carbocycles. The van der Waals surface area contributed by atoms with Gasteiger partial charge in [0.15, 0.2) is 0 Å². The van der Waals surface area contributed by atoms with Crippen molar-refractivity contribution in [1.29, 1.82) is 0 Å². The summed E-state index contributed by atoms with van der Waals surface area (Å²) in [5.74, 6) is -0.741. The Morgan fingerprint density at radius 3 is 2.48 bits per heavy atom. The van der Waals surface area contributed by atoms with E-state index in [-0.39, 0.29) is 25.5 Å². The zero-order chi connectivity index (χ0) is 18.2. The van der Waals surface area contributed by atoms with Gasteiger partial charge in [0.2, 0.25) is 0 Å². The number of hydrogen-bond acceptors (Lipinski definition) is 3. The van der Waals surface area contributed by atoms with Crippen molar-refractivity contribution in [3.05, 3.63) is 64.7 Å². The Labute approximate surface area is 151 Å². The number of carbonyl (C=O) groups excluding carboxylic acids is 1. The van der Waals surface area contributed by atoms with E-state index in [1.54, 1.807) is 30.3 Å². The number of hydrogen-bond donors (Lipinski definition) is 1. The summed E-state index contributed by atoms with van der Waals surface area (Å²) >= 11 is 6.13. The van der Waals surface area contributed by atoms with Gasteiger partial charge in [0.25, 0.3) is 5.91 Å². The van der Waals surface area contributed by atoms with E-state index in [9.17, 15) is 9.59 Å². The Morgan fingerprint density at radius 2 is 1.80 bits per heavy atom. The summed E-state index contributed by atoms with van der Waals surface area (Å²) < 4.78 is 5.80. The van der Waals surface area contributed by atoms with Gasteiger partial charge in [-0.05, 0) is 25.1 Å². The van der Waals surface area contributed by atoms with Gasteiger partial charge in [-0.2, -0.15) is 0 Å². The minimum absolute atomic E-state index is 0.0950. The lowest BCUT2D eigenvalue weighted by molar-refractivity contribution is -0.137. The molecule has 25 heavy (non-hydrogen) atoms. The van der Waals surface area contributed by atoms with Gasteiger partial charge in [-0.15, -0.1) is 0 Å². The van der Waals surface area contributed by atoms with Crippen molar-refractivity contribution in [2.75, 3.05) is 13.1 Å². The summed E-state index contributed by atoms with van der Waals surface area (Å²) in [4.78, 5) is 25.0. The summed E-state index contributed by atoms with van der Waals surface area (Å²) in [6.07, 6.45) is -0.0950. The first-order chi connectivity index (χ1) is 12.0. The maximum atomic E-state index is 12.7. The molecular formula is C19H20ClNO4. The summed E-state index contributed by atoms with van der Waals surface area (Å²) in [6, 6.07) is 14.3. The molecule has 0 unspecified atom stereocenters. The number of carboxylic acids is 1. The third kappa shape index (κ3) is 5.22. The van der Waals surface area contributed by atoms with Crippen LogP contribution in [0.3, 0.4) is 0 Å². The predicted molar refractivity (Wildman–Crippen MR) is 96.1 cm³/mol. The number of ether oxygens (including phenoxy) is 1. The van der Waals surface area contributed by atoms with Crippen molar-refractivity contribution in [3.63, 3.8) is 0 Å². The smallest absolute Gasteiger partial charge is 0.305 e. The Morgan fingerprint density at radius 1 is 1.12 bits per heavy atom. The van der Waals surface area contributed by atoms with Crippen LogP contribution in [0.5, 0.6) is 5.75 Å². The molecule has 6 heteroatoms. The monoisotopic (exact) mass is 361 g/mol. The predicted octanol–water partition coefficient (Wildman–Crippen LogP) is 3.86. The lowest BCUT2D eigenvalue weighted by Gasteiger charge is -2.21. The van der Waals surface area contributed by atoms with Gasteiger partial charge in [0.05, 0.1) is 12.0 Å². The zero-order valence-electron chi connectivity index (χ0n) is 13.9. The van der Waals surface area contributed by atoms with Crippen LogP contribution in [-0.2, 0) is 11.4 Å². The molecule has 0 atom stereocenters. The number of carbonyl (C=O) groups is 2. The number of nitrogens with zero attached hydrogens (tertiary/aromatic N) is 1. The van der Waals surface area contributed by atoms with Crippen LogP contribution in [0.2, 0.25) is 5.02 Å². The van der Waals surface area contributed by atoms with E-state index in [1.807, 2.05) is 25.1 Å². The van der Waals surface area contributed by atoms with E-state index in [4.69, 9.17) is 21.4 Å². The second-order valence-corrected chi connectivity index (χ2v) is 5.81. The number of para-hydroxylation sites is 1. The van der Waals surface area contributed by atoms with E-state index < -0.39 is 5.97 Å². The number of benzene rings is 2. The average molecular weight is 362 g/mol. The Kier molecular flexibility index (Phi) is 6.83. The van der Waals surface area contributed by atoms with E-state index in [2.05, 4.69) is 0 Å². The highest BCUT2D eigenvalue weighted by Crippen LogP contribution is 2.23. The third-order valence-corrected chi connectivity index (χ3v) is 4.09. The van der Waals surface area contributed by atoms with Gasteiger partial charge in [-0.1, -0.05) is 41.9 Å². The van der Waals surface area contributed by atoms with Crippen LogP contribution in [0.25, 0.3) is 0 Å². The topological polar surface area (TPSA) is 66.8 Å². The first-order valence-corrected chi connectivity index (χ1v) is 8.37. The molecule has 1 amide bonds. The van der Waals surface area contributed by atoms with Crippen LogP contribution < -0.4 is 4.74 Å². The SMILES string of the molecule is CCN(CCC(=O)O)C(=O)c1ccccc1OCc1ccccc1Cl. The molecule has 0 aliphatic heterocycles. The van der Waals surface area contributed by atoms with Crippen molar-refractivity contribution >= 4 is 23.5 Å². The van der Waals surface area contributed by atoms with Crippen LogP contribution in [0.1, 0.15) is 29.3 Å². The van der Waals surface area contributed by atoms with Crippen molar-refractivity contribution in [1.82, 2.24) is 4.90 Å². The minimum atomic E-state index is -0.936. The molecule has 0 aliphatic rings. The van der Waals surface area contributed by atoms with Crippen LogP contribution in [0.15, 0.2) is 48.5 Å². The highest BCUT2D eigenvalue weighted by Gasteiger charge is 2.19. The van der Waals surface area contributed by atoms with Crippen LogP contribution in [0, 0.1) is 0 Å². The van der Waals surface area contributed by atoms with Gasteiger partial charge in [-0.3, -0.25) is 9.59 Å². The first kappa shape index (κ1) is 18.8. The zero-order valence-corrected chi connectivity index (χ0v) is 14.7. The normalized spacial score (nSPS) is 10.3. The molecule has 1 N–H and O–H groups in total. The fourth-order valence-corrected chi connectivity index (χ4v) is 2.53. The minimum Gasteiger partial charge on any atom is -0.488 e. The molecule has 0 fully saturated rings. The lowest BCUT2D eigenvalue weighted by atomic mass is 10.1. The van der Waals surface area contributed by atoms with Crippen molar-refractivity contribution in [2.24, 2.45) is 0 Å².